The van der Waals surface area contributed by atoms with Crippen LogP contribution in [0, 0.1) is 12.8 Å². The van der Waals surface area contributed by atoms with Gasteiger partial charge in [0.25, 0.3) is 0 Å². The van der Waals surface area contributed by atoms with Crippen molar-refractivity contribution in [3.8, 4) is 0 Å². The lowest BCUT2D eigenvalue weighted by Gasteiger charge is -2.25. The van der Waals surface area contributed by atoms with Crippen molar-refractivity contribution in [1.29, 1.82) is 0 Å². The molecule has 126 valence electrons. The van der Waals surface area contributed by atoms with Crippen molar-refractivity contribution < 1.29 is 9.53 Å². The summed E-state index contributed by atoms with van der Waals surface area (Å²) in [7, 11) is 0. The number of thiazole rings is 1. The molecule has 23 heavy (non-hydrogen) atoms. The molecule has 0 radical (unpaired) electrons. The molecule has 1 N–H and O–H groups in total. The lowest BCUT2D eigenvalue weighted by Crippen LogP contribution is -2.40. The number of ether oxygens (including phenoxy) is 1. The topological polar surface area (TPSA) is 54.5 Å². The highest BCUT2D eigenvalue weighted by Crippen LogP contribution is 2.40. The fourth-order valence-corrected chi connectivity index (χ4v) is 5.02. The van der Waals surface area contributed by atoms with Gasteiger partial charge in [0, 0.05) is 18.5 Å². The number of fused-ring (bicyclic) bond motifs is 2. The normalized spacial score (nSPS) is 32.7. The molecule has 2 amide bonds. The number of amides is 2. The van der Waals surface area contributed by atoms with E-state index in [2.05, 4.69) is 15.7 Å². The summed E-state index contributed by atoms with van der Waals surface area (Å²) in [4.78, 5) is 19.1. The highest BCUT2D eigenvalue weighted by atomic mass is 32.1. The number of nitrogens with zero attached hydrogens (tertiary/aromatic N) is 2. The number of likely N-dealkylation sites (tertiary alicyclic amines) is 1. The van der Waals surface area contributed by atoms with Crippen molar-refractivity contribution in [1.82, 2.24) is 15.2 Å². The number of hydrogen-bond acceptors (Lipinski definition) is 4. The van der Waals surface area contributed by atoms with E-state index < -0.39 is 0 Å². The van der Waals surface area contributed by atoms with Crippen LogP contribution in [-0.2, 0) is 4.74 Å². The molecule has 0 aliphatic carbocycles. The van der Waals surface area contributed by atoms with Gasteiger partial charge < -0.3 is 15.0 Å². The van der Waals surface area contributed by atoms with E-state index in [4.69, 9.17) is 4.74 Å². The number of rotatable bonds is 4. The number of carbonyl (C=O) groups is 1. The molecule has 1 aromatic rings. The zero-order valence-corrected chi connectivity index (χ0v) is 14.5. The molecule has 0 aromatic carbocycles. The molecule has 3 aliphatic rings. The molecule has 6 heteroatoms. The first-order valence-corrected chi connectivity index (χ1v) is 9.70. The van der Waals surface area contributed by atoms with E-state index in [1.807, 2.05) is 11.8 Å². The summed E-state index contributed by atoms with van der Waals surface area (Å²) in [6.07, 6.45) is 7.71. The first-order chi connectivity index (χ1) is 11.2. The summed E-state index contributed by atoms with van der Waals surface area (Å²) in [6, 6.07) is 0.230. The Morgan fingerprint density at radius 1 is 1.48 bits per heavy atom. The molecule has 4 heterocycles. The summed E-state index contributed by atoms with van der Waals surface area (Å²) in [5.74, 6) is 0.643. The Labute approximate surface area is 141 Å². The molecule has 3 unspecified atom stereocenters. The molecule has 3 fully saturated rings. The zero-order valence-electron chi connectivity index (χ0n) is 13.7. The van der Waals surface area contributed by atoms with Gasteiger partial charge in [-0.15, -0.1) is 11.3 Å². The number of urea groups is 1. The average Bonchev–Trinajstić information content (AvgIpc) is 3.30. The van der Waals surface area contributed by atoms with Crippen LogP contribution in [0.2, 0.25) is 0 Å². The predicted octanol–water partition coefficient (Wildman–Crippen LogP) is 3.26. The maximum absolute atomic E-state index is 12.5. The molecule has 5 nitrogen and oxygen atoms in total. The van der Waals surface area contributed by atoms with Gasteiger partial charge in [0.1, 0.15) is 0 Å². The van der Waals surface area contributed by atoms with Crippen molar-refractivity contribution in [2.75, 3.05) is 13.1 Å². The summed E-state index contributed by atoms with van der Waals surface area (Å²) in [5, 5.41) is 6.29. The Morgan fingerprint density at radius 2 is 2.39 bits per heavy atom. The third kappa shape index (κ3) is 3.11. The minimum Gasteiger partial charge on any atom is -0.375 e. The van der Waals surface area contributed by atoms with Crippen LogP contribution >= 0.6 is 11.3 Å². The quantitative estimate of drug-likeness (QED) is 0.919. The molecule has 2 bridgehead atoms. The van der Waals surface area contributed by atoms with Gasteiger partial charge in [-0.2, -0.15) is 0 Å². The summed E-state index contributed by atoms with van der Waals surface area (Å²) in [5.41, 5.74) is 1.06. The van der Waals surface area contributed by atoms with Crippen LogP contribution < -0.4 is 5.32 Å². The Balaban J connectivity index is 1.28. The van der Waals surface area contributed by atoms with Crippen molar-refractivity contribution in [2.24, 2.45) is 5.92 Å². The van der Waals surface area contributed by atoms with Gasteiger partial charge in [0.2, 0.25) is 0 Å². The molecule has 1 aromatic heterocycles. The molecular formula is C17H25N3O2S. The van der Waals surface area contributed by atoms with Gasteiger partial charge in [0.15, 0.2) is 0 Å². The number of hydrogen-bond donors (Lipinski definition) is 1. The molecular weight excluding hydrogens is 310 g/mol. The van der Waals surface area contributed by atoms with E-state index in [0.717, 1.165) is 43.1 Å². The van der Waals surface area contributed by atoms with Crippen molar-refractivity contribution >= 4 is 17.4 Å². The van der Waals surface area contributed by atoms with E-state index in [0.29, 0.717) is 18.1 Å². The fourth-order valence-electron chi connectivity index (χ4n) is 4.36. The van der Waals surface area contributed by atoms with E-state index >= 15 is 0 Å². The third-order valence-corrected chi connectivity index (χ3v) is 6.31. The number of aryl methyl sites for hydroxylation is 1. The van der Waals surface area contributed by atoms with Gasteiger partial charge >= 0.3 is 6.03 Å². The number of nitrogens with one attached hydrogen (secondary N) is 1. The van der Waals surface area contributed by atoms with Crippen LogP contribution in [0.3, 0.4) is 0 Å². The summed E-state index contributed by atoms with van der Waals surface area (Å²) < 4.78 is 5.89. The molecule has 0 spiro atoms. The minimum absolute atomic E-state index is 0.0715. The Bertz CT molecular complexity index is 576. The lowest BCUT2D eigenvalue weighted by atomic mass is 9.87. The molecule has 0 saturated carbocycles. The number of aromatic nitrogens is 1. The summed E-state index contributed by atoms with van der Waals surface area (Å²) >= 11 is 1.66. The molecule has 3 saturated heterocycles. The van der Waals surface area contributed by atoms with Gasteiger partial charge in [-0.05, 0) is 51.4 Å². The maximum atomic E-state index is 12.5. The predicted molar refractivity (Wildman–Crippen MR) is 89.5 cm³/mol. The fraction of sp³-hybridized carbons (Fsp3) is 0.765. The van der Waals surface area contributed by atoms with Gasteiger partial charge in [0.05, 0.1) is 29.0 Å². The SMILES string of the molecule is Cc1nc([C@H]2CCCN2C(=O)NCCC2CC3CCC2O3)cs1. The van der Waals surface area contributed by atoms with Crippen molar-refractivity contribution in [3.63, 3.8) is 0 Å². The molecule has 3 aliphatic heterocycles. The molecule has 4 rings (SSSR count). The van der Waals surface area contributed by atoms with E-state index in [-0.39, 0.29) is 12.1 Å². The third-order valence-electron chi connectivity index (χ3n) is 5.52. The largest absolute Gasteiger partial charge is 0.375 e. The highest BCUT2D eigenvalue weighted by Gasteiger charge is 2.40. The van der Waals surface area contributed by atoms with E-state index in [9.17, 15) is 4.79 Å². The van der Waals surface area contributed by atoms with E-state index in [1.165, 1.54) is 19.3 Å². The second kappa shape index (κ2) is 6.40. The van der Waals surface area contributed by atoms with Gasteiger partial charge in [-0.1, -0.05) is 0 Å². The van der Waals surface area contributed by atoms with Crippen LogP contribution in [0.4, 0.5) is 4.79 Å². The zero-order chi connectivity index (χ0) is 15.8. The van der Waals surface area contributed by atoms with E-state index in [1.54, 1.807) is 11.3 Å². The monoisotopic (exact) mass is 335 g/mol. The lowest BCUT2D eigenvalue weighted by molar-refractivity contribution is 0.0912. The second-order valence-electron chi connectivity index (χ2n) is 7.03. The van der Waals surface area contributed by atoms with Crippen LogP contribution in [-0.4, -0.2) is 41.2 Å². The minimum atomic E-state index is 0.0715. The van der Waals surface area contributed by atoms with Crippen LogP contribution in [0.5, 0.6) is 0 Å². The van der Waals surface area contributed by atoms with Crippen molar-refractivity contribution in [3.05, 3.63) is 16.1 Å². The standard InChI is InChI=1S/C17H25N3O2S/c1-11-19-14(10-23-11)15-3-2-8-20(15)17(21)18-7-6-12-9-13-4-5-16(12)22-13/h10,12-13,15-16H,2-9H2,1H3,(H,18,21)/t12?,13?,15-,16?/m1/s1. The highest BCUT2D eigenvalue weighted by molar-refractivity contribution is 7.09. The van der Waals surface area contributed by atoms with Crippen LogP contribution in [0.1, 0.15) is 55.3 Å². The van der Waals surface area contributed by atoms with Gasteiger partial charge in [-0.25, -0.2) is 9.78 Å². The second-order valence-corrected chi connectivity index (χ2v) is 8.10. The Kier molecular flexibility index (Phi) is 4.28. The van der Waals surface area contributed by atoms with Crippen LogP contribution in [0.25, 0.3) is 0 Å². The van der Waals surface area contributed by atoms with Gasteiger partial charge in [-0.3, -0.25) is 0 Å². The van der Waals surface area contributed by atoms with Crippen molar-refractivity contribution in [2.45, 2.75) is 63.7 Å². The van der Waals surface area contributed by atoms with Crippen LogP contribution in [0.15, 0.2) is 5.38 Å². The Hall–Kier alpha value is -1.14. The summed E-state index contributed by atoms with van der Waals surface area (Å²) in [6.45, 7) is 3.62. The molecule has 4 atom stereocenters. The maximum Gasteiger partial charge on any atom is 0.317 e. The smallest absolute Gasteiger partial charge is 0.317 e. The Morgan fingerprint density at radius 3 is 3.09 bits per heavy atom. The first kappa shape index (κ1) is 15.4. The first-order valence-electron chi connectivity index (χ1n) is 8.82. The number of carbonyl (C=O) groups excluding carboxylic acids is 1. The average molecular weight is 335 g/mol.